The fourth-order valence-electron chi connectivity index (χ4n) is 5.88. The minimum Gasteiger partial charge on any atom is -0.376 e. The zero-order chi connectivity index (χ0) is 27.8. The van der Waals surface area contributed by atoms with E-state index in [1.807, 2.05) is 24.3 Å². The van der Waals surface area contributed by atoms with Gasteiger partial charge in [-0.25, -0.2) is 10.5 Å². The third kappa shape index (κ3) is 5.34. The van der Waals surface area contributed by atoms with Gasteiger partial charge in [-0.1, -0.05) is 52.7 Å². The Morgan fingerprint density at radius 3 is 2.25 bits per heavy atom. The fourth-order valence-corrected chi connectivity index (χ4v) is 6.14. The second-order valence-electron chi connectivity index (χ2n) is 10.6. The quantitative estimate of drug-likeness (QED) is 0.237. The van der Waals surface area contributed by atoms with E-state index in [9.17, 15) is 0 Å². The molecule has 0 unspecified atom stereocenters. The number of nitrogens with two attached hydrogens (primary N) is 1. The van der Waals surface area contributed by atoms with Crippen molar-refractivity contribution < 1.29 is 4.74 Å². The molecular weight excluding hydrogens is 549 g/mol. The molecule has 6 rings (SSSR count). The number of rotatable bonds is 7. The standard InChI is InChI=1S/C28H33Cl2N9O/c1-17-15-38(26-24-27(33-28(32-26)34-31)39(36-35-24)16-23-4-3-13-40-23)18(2)14-37(17)25(19-5-9-21(29)10-6-19)20-7-11-22(30)12-8-20/h5-12,17-18,23,25H,3-4,13-16,31H2,1-2H3,(H,32,33,34)/t17-,18+,23-/m1/s1. The van der Waals surface area contributed by atoms with Gasteiger partial charge in [0.05, 0.1) is 18.7 Å². The van der Waals surface area contributed by atoms with E-state index in [2.05, 4.69) is 68.6 Å². The molecule has 40 heavy (non-hydrogen) atoms. The van der Waals surface area contributed by atoms with Gasteiger partial charge in [-0.15, -0.1) is 5.10 Å². The highest BCUT2D eigenvalue weighted by Crippen LogP contribution is 2.36. The molecule has 2 fully saturated rings. The topological polar surface area (TPSA) is 110 Å². The molecule has 0 aliphatic carbocycles. The normalized spacial score (nSPS) is 21.9. The molecule has 0 amide bonds. The second-order valence-corrected chi connectivity index (χ2v) is 11.5. The molecule has 2 saturated heterocycles. The number of nitrogen functional groups attached to an aromatic ring is 1. The van der Waals surface area contributed by atoms with Crippen LogP contribution in [0.25, 0.3) is 11.2 Å². The Morgan fingerprint density at radius 2 is 1.65 bits per heavy atom. The molecule has 3 N–H and O–H groups in total. The summed E-state index contributed by atoms with van der Waals surface area (Å²) >= 11 is 12.5. The van der Waals surface area contributed by atoms with Crippen molar-refractivity contribution in [2.45, 2.75) is 57.5 Å². The molecule has 0 radical (unpaired) electrons. The average Bonchev–Trinajstić information content (AvgIpc) is 3.62. The number of hydrazine groups is 1. The number of piperazine rings is 1. The Hall–Kier alpha value is -3.02. The highest BCUT2D eigenvalue weighted by Gasteiger charge is 2.37. The van der Waals surface area contributed by atoms with E-state index < -0.39 is 0 Å². The molecule has 0 bridgehead atoms. The minimum atomic E-state index is 0.0353. The number of hydrogen-bond acceptors (Lipinski definition) is 9. The van der Waals surface area contributed by atoms with Crippen LogP contribution in [0.3, 0.4) is 0 Å². The number of hydrogen-bond donors (Lipinski definition) is 2. The van der Waals surface area contributed by atoms with Crippen LogP contribution in [-0.4, -0.2) is 67.7 Å². The number of benzene rings is 2. The maximum Gasteiger partial charge on any atom is 0.241 e. The van der Waals surface area contributed by atoms with Crippen molar-refractivity contribution >= 4 is 46.1 Å². The first kappa shape index (κ1) is 27.2. The first-order valence-electron chi connectivity index (χ1n) is 13.6. The van der Waals surface area contributed by atoms with E-state index in [1.54, 1.807) is 4.68 Å². The predicted octanol–water partition coefficient (Wildman–Crippen LogP) is 4.68. The average molecular weight is 583 g/mol. The van der Waals surface area contributed by atoms with Gasteiger partial charge in [0.2, 0.25) is 5.95 Å². The zero-order valence-corrected chi connectivity index (χ0v) is 24.1. The van der Waals surface area contributed by atoms with Gasteiger partial charge in [0.1, 0.15) is 0 Å². The molecule has 2 aliphatic heterocycles. The molecule has 3 atom stereocenters. The Bertz CT molecular complexity index is 1410. The number of nitrogens with zero attached hydrogens (tertiary/aromatic N) is 7. The molecule has 10 nitrogen and oxygen atoms in total. The Balaban J connectivity index is 1.33. The smallest absolute Gasteiger partial charge is 0.241 e. The highest BCUT2D eigenvalue weighted by atomic mass is 35.5. The summed E-state index contributed by atoms with van der Waals surface area (Å²) in [5, 5.41) is 10.4. The molecule has 0 spiro atoms. The van der Waals surface area contributed by atoms with Crippen LogP contribution < -0.4 is 16.2 Å². The van der Waals surface area contributed by atoms with E-state index in [4.69, 9.17) is 38.8 Å². The van der Waals surface area contributed by atoms with Crippen LogP contribution in [0.4, 0.5) is 11.8 Å². The number of aromatic nitrogens is 5. The summed E-state index contributed by atoms with van der Waals surface area (Å²) in [5.41, 5.74) is 6.30. The lowest BCUT2D eigenvalue weighted by Crippen LogP contribution is -2.57. The van der Waals surface area contributed by atoms with Crippen molar-refractivity contribution in [3.05, 3.63) is 69.7 Å². The van der Waals surface area contributed by atoms with Gasteiger partial charge in [0.15, 0.2) is 17.0 Å². The Morgan fingerprint density at radius 1 is 0.975 bits per heavy atom. The lowest BCUT2D eigenvalue weighted by Gasteiger charge is -2.48. The van der Waals surface area contributed by atoms with Crippen molar-refractivity contribution in [2.75, 3.05) is 30.0 Å². The van der Waals surface area contributed by atoms with Crippen molar-refractivity contribution in [3.63, 3.8) is 0 Å². The molecular formula is C28H33Cl2N9O. The number of halogens is 2. The van der Waals surface area contributed by atoms with Crippen LogP contribution in [0, 0.1) is 0 Å². The summed E-state index contributed by atoms with van der Waals surface area (Å²) in [5.74, 6) is 6.86. The molecule has 2 aliphatic rings. The second kappa shape index (κ2) is 11.5. The van der Waals surface area contributed by atoms with Crippen LogP contribution in [0.2, 0.25) is 10.0 Å². The van der Waals surface area contributed by atoms with Gasteiger partial charge in [-0.2, -0.15) is 9.97 Å². The number of nitrogens with one attached hydrogen (secondary N) is 1. The van der Waals surface area contributed by atoms with Crippen molar-refractivity contribution in [1.29, 1.82) is 0 Å². The van der Waals surface area contributed by atoms with Crippen molar-refractivity contribution in [3.8, 4) is 0 Å². The number of ether oxygens (including phenoxy) is 1. The maximum absolute atomic E-state index is 6.25. The number of anilines is 2. The molecule has 12 heteroatoms. The molecule has 2 aromatic carbocycles. The van der Waals surface area contributed by atoms with Crippen molar-refractivity contribution in [1.82, 2.24) is 29.9 Å². The zero-order valence-electron chi connectivity index (χ0n) is 22.5. The molecule has 4 heterocycles. The third-order valence-corrected chi connectivity index (χ3v) is 8.39. The highest BCUT2D eigenvalue weighted by molar-refractivity contribution is 6.30. The number of fused-ring (bicyclic) bond motifs is 1. The van der Waals surface area contributed by atoms with Crippen LogP contribution >= 0.6 is 23.2 Å². The largest absolute Gasteiger partial charge is 0.376 e. The molecule has 4 aromatic rings. The Labute approximate surface area is 243 Å². The molecule has 0 saturated carbocycles. The van der Waals surface area contributed by atoms with E-state index in [0.29, 0.717) is 23.7 Å². The summed E-state index contributed by atoms with van der Waals surface area (Å²) in [6.45, 7) is 7.35. The van der Waals surface area contributed by atoms with Gasteiger partial charge < -0.3 is 9.64 Å². The first-order valence-corrected chi connectivity index (χ1v) is 14.4. The van der Waals surface area contributed by atoms with Gasteiger partial charge >= 0.3 is 0 Å². The van der Waals surface area contributed by atoms with Gasteiger partial charge in [-0.3, -0.25) is 10.3 Å². The van der Waals surface area contributed by atoms with Crippen LogP contribution in [0.5, 0.6) is 0 Å². The van der Waals surface area contributed by atoms with Crippen molar-refractivity contribution in [2.24, 2.45) is 5.84 Å². The van der Waals surface area contributed by atoms with Gasteiger partial charge in [0, 0.05) is 41.8 Å². The van der Waals surface area contributed by atoms with E-state index in [1.165, 1.54) is 11.1 Å². The predicted molar refractivity (Wildman–Crippen MR) is 158 cm³/mol. The SMILES string of the molecule is C[C@@H]1CN(c2nc(NN)nc3c2nnn3C[C@H]2CCCO2)[C@@H](C)CN1C(c1ccc(Cl)cc1)c1ccc(Cl)cc1. The minimum absolute atomic E-state index is 0.0353. The summed E-state index contributed by atoms with van der Waals surface area (Å²) in [6.07, 6.45) is 2.16. The van der Waals surface area contributed by atoms with Crippen LogP contribution in [-0.2, 0) is 11.3 Å². The molecule has 2 aromatic heterocycles. The van der Waals surface area contributed by atoms with E-state index >= 15 is 0 Å². The third-order valence-electron chi connectivity index (χ3n) is 7.88. The van der Waals surface area contributed by atoms with Crippen LogP contribution in [0.15, 0.2) is 48.5 Å². The summed E-state index contributed by atoms with van der Waals surface area (Å²) in [7, 11) is 0. The summed E-state index contributed by atoms with van der Waals surface area (Å²) < 4.78 is 7.63. The van der Waals surface area contributed by atoms with Gasteiger partial charge in [-0.05, 0) is 62.1 Å². The molecule has 210 valence electrons. The van der Waals surface area contributed by atoms with E-state index in [0.717, 1.165) is 48.4 Å². The first-order chi connectivity index (χ1) is 19.4. The monoisotopic (exact) mass is 581 g/mol. The summed E-state index contributed by atoms with van der Waals surface area (Å²) in [4.78, 5) is 14.2. The lowest BCUT2D eigenvalue weighted by atomic mass is 9.93. The summed E-state index contributed by atoms with van der Waals surface area (Å²) in [6, 6.07) is 16.5. The maximum atomic E-state index is 6.25. The van der Waals surface area contributed by atoms with Crippen LogP contribution in [0.1, 0.15) is 43.9 Å². The fraction of sp³-hybridized carbons (Fsp3) is 0.429. The Kier molecular flexibility index (Phi) is 7.78. The van der Waals surface area contributed by atoms with E-state index in [-0.39, 0.29) is 24.2 Å². The lowest BCUT2D eigenvalue weighted by molar-refractivity contribution is 0.0944. The van der Waals surface area contributed by atoms with Gasteiger partial charge in [0.25, 0.3) is 0 Å².